The van der Waals surface area contributed by atoms with Crippen LogP contribution in [0.4, 0.5) is 25.8 Å². The summed E-state index contributed by atoms with van der Waals surface area (Å²) in [5.74, 6) is 6.47. The predicted molar refractivity (Wildman–Crippen MR) is 158 cm³/mol. The van der Waals surface area contributed by atoms with Gasteiger partial charge in [0.2, 0.25) is 0 Å². The number of pyridine rings is 1. The first-order valence-corrected chi connectivity index (χ1v) is 12.7. The van der Waals surface area contributed by atoms with Gasteiger partial charge >= 0.3 is 5.69 Å². The SMILES string of the molecule is C#CCn1c(-c2cc(Cl)c3occc3c2)c(N(N)c2cc(F)c(F)cc2N)c(=O)n(-c2cncc3ccccc23)c1=O. The van der Waals surface area contributed by atoms with Gasteiger partial charge in [0, 0.05) is 40.1 Å². The van der Waals surface area contributed by atoms with Crippen molar-refractivity contribution in [3.63, 3.8) is 0 Å². The van der Waals surface area contributed by atoms with Crippen molar-refractivity contribution in [3.8, 4) is 29.3 Å². The molecule has 0 aliphatic rings. The summed E-state index contributed by atoms with van der Waals surface area (Å²) in [7, 11) is 0. The second kappa shape index (κ2) is 10.2. The molecule has 6 rings (SSSR count). The van der Waals surface area contributed by atoms with Crippen LogP contribution in [-0.4, -0.2) is 14.1 Å². The van der Waals surface area contributed by atoms with Gasteiger partial charge in [-0.25, -0.2) is 24.0 Å². The number of hydrogen-bond acceptors (Lipinski definition) is 7. The van der Waals surface area contributed by atoms with E-state index in [2.05, 4.69) is 10.9 Å². The van der Waals surface area contributed by atoms with Crippen molar-refractivity contribution in [2.45, 2.75) is 6.54 Å². The summed E-state index contributed by atoms with van der Waals surface area (Å²) in [5, 5.41) is 2.72. The molecule has 0 fully saturated rings. The molecule has 0 amide bonds. The van der Waals surface area contributed by atoms with Gasteiger partial charge in [-0.3, -0.25) is 19.4 Å². The molecule has 0 bridgehead atoms. The van der Waals surface area contributed by atoms with Crippen LogP contribution in [0.3, 0.4) is 0 Å². The summed E-state index contributed by atoms with van der Waals surface area (Å²) in [4.78, 5) is 32.8. The van der Waals surface area contributed by atoms with E-state index in [9.17, 15) is 18.4 Å². The fraction of sp³-hybridized carbons (Fsp3) is 0.0333. The van der Waals surface area contributed by atoms with E-state index in [0.29, 0.717) is 21.7 Å². The first kappa shape index (κ1) is 26.8. The third-order valence-electron chi connectivity index (χ3n) is 6.81. The van der Waals surface area contributed by atoms with Crippen molar-refractivity contribution in [2.24, 2.45) is 5.84 Å². The molecule has 0 aliphatic heterocycles. The molecule has 208 valence electrons. The van der Waals surface area contributed by atoms with E-state index in [-0.39, 0.29) is 45.6 Å². The predicted octanol–water partition coefficient (Wildman–Crippen LogP) is 5.12. The molecule has 12 heteroatoms. The van der Waals surface area contributed by atoms with Crippen molar-refractivity contribution in [1.29, 1.82) is 0 Å². The second-order valence-corrected chi connectivity index (χ2v) is 9.69. The Morgan fingerprint density at radius 3 is 2.60 bits per heavy atom. The summed E-state index contributed by atoms with van der Waals surface area (Å²) in [6.45, 7) is -0.304. The number of terminal acetylenes is 1. The van der Waals surface area contributed by atoms with Crippen LogP contribution in [0.25, 0.3) is 38.7 Å². The Morgan fingerprint density at radius 1 is 1.05 bits per heavy atom. The Balaban J connectivity index is 1.79. The maximum absolute atomic E-state index is 14.4. The highest BCUT2D eigenvalue weighted by molar-refractivity contribution is 6.35. The van der Waals surface area contributed by atoms with Gasteiger partial charge in [0.25, 0.3) is 5.56 Å². The Bertz CT molecular complexity index is 2210. The minimum Gasteiger partial charge on any atom is -0.463 e. The number of nitrogen functional groups attached to an aromatic ring is 1. The van der Waals surface area contributed by atoms with E-state index in [0.717, 1.165) is 26.3 Å². The molecular weight excluding hydrogens is 566 g/mol. The molecule has 0 saturated carbocycles. The smallest absolute Gasteiger partial charge is 0.337 e. The summed E-state index contributed by atoms with van der Waals surface area (Å²) >= 11 is 6.50. The van der Waals surface area contributed by atoms with E-state index < -0.39 is 22.9 Å². The Labute approximate surface area is 240 Å². The normalized spacial score (nSPS) is 11.2. The Kier molecular flexibility index (Phi) is 6.49. The number of halogens is 3. The molecular formula is C30H19ClF2N6O3. The van der Waals surface area contributed by atoms with E-state index >= 15 is 0 Å². The van der Waals surface area contributed by atoms with Gasteiger partial charge in [0.15, 0.2) is 17.2 Å². The van der Waals surface area contributed by atoms with E-state index in [1.54, 1.807) is 42.6 Å². The van der Waals surface area contributed by atoms with Crippen molar-refractivity contribution in [1.82, 2.24) is 14.1 Å². The maximum Gasteiger partial charge on any atom is 0.337 e. The third-order valence-corrected chi connectivity index (χ3v) is 7.09. The lowest BCUT2D eigenvalue weighted by Crippen LogP contribution is -2.44. The van der Waals surface area contributed by atoms with Gasteiger partial charge in [0.05, 0.1) is 46.8 Å². The number of anilines is 3. The fourth-order valence-electron chi connectivity index (χ4n) is 4.93. The van der Waals surface area contributed by atoms with E-state index in [1.165, 1.54) is 18.5 Å². The molecule has 4 N–H and O–H groups in total. The van der Waals surface area contributed by atoms with Crippen molar-refractivity contribution >= 4 is 50.4 Å². The molecule has 6 aromatic rings. The van der Waals surface area contributed by atoms with Gasteiger partial charge < -0.3 is 10.2 Å². The fourth-order valence-corrected chi connectivity index (χ4v) is 5.20. The molecule has 42 heavy (non-hydrogen) atoms. The molecule has 0 spiro atoms. The van der Waals surface area contributed by atoms with Crippen LogP contribution >= 0.6 is 11.6 Å². The zero-order chi connectivity index (χ0) is 29.7. The van der Waals surface area contributed by atoms with Crippen LogP contribution < -0.4 is 27.8 Å². The van der Waals surface area contributed by atoms with Crippen molar-refractivity contribution in [2.75, 3.05) is 10.7 Å². The quantitative estimate of drug-likeness (QED) is 0.125. The minimum absolute atomic E-state index is 0.0379. The third kappa shape index (κ3) is 4.17. The molecule has 3 aromatic heterocycles. The van der Waals surface area contributed by atoms with Crippen LogP contribution in [0.15, 0.2) is 87.3 Å². The van der Waals surface area contributed by atoms with Crippen molar-refractivity contribution < 1.29 is 13.2 Å². The van der Waals surface area contributed by atoms with Crippen LogP contribution in [-0.2, 0) is 6.54 Å². The number of fused-ring (bicyclic) bond motifs is 2. The van der Waals surface area contributed by atoms with Crippen LogP contribution in [0.1, 0.15) is 0 Å². The number of hydrogen-bond donors (Lipinski definition) is 2. The van der Waals surface area contributed by atoms with Crippen LogP contribution in [0.5, 0.6) is 0 Å². The number of nitrogens with two attached hydrogens (primary N) is 2. The lowest BCUT2D eigenvalue weighted by atomic mass is 10.1. The highest BCUT2D eigenvalue weighted by Crippen LogP contribution is 2.37. The highest BCUT2D eigenvalue weighted by atomic mass is 35.5. The molecule has 0 unspecified atom stereocenters. The molecule has 0 aliphatic carbocycles. The standard InChI is InChI=1S/C30H19ClF2N6O3/c1-2-8-37-26(18-10-16-7-9-42-28(16)20(31)11-18)27(39(35)24-13-22(33)21(32)12-23(24)34)29(40)38(30(37)41)25-15-36-14-17-5-3-4-6-19(17)25/h1,3-7,9-15H,8,34-35H2. The van der Waals surface area contributed by atoms with Gasteiger partial charge in [-0.2, -0.15) is 0 Å². The van der Waals surface area contributed by atoms with Crippen LogP contribution in [0.2, 0.25) is 5.02 Å². The van der Waals surface area contributed by atoms with Gasteiger partial charge in [0.1, 0.15) is 5.69 Å². The number of furan rings is 1. The van der Waals surface area contributed by atoms with E-state index in [4.69, 9.17) is 34.0 Å². The number of benzene rings is 3. The summed E-state index contributed by atoms with van der Waals surface area (Å²) < 4.78 is 35.9. The number of aromatic nitrogens is 3. The van der Waals surface area contributed by atoms with Gasteiger partial charge in [-0.15, -0.1) is 6.42 Å². The topological polar surface area (TPSA) is 125 Å². The minimum atomic E-state index is -1.26. The van der Waals surface area contributed by atoms with Gasteiger partial charge in [-0.1, -0.05) is 41.8 Å². The van der Waals surface area contributed by atoms with Crippen molar-refractivity contribution in [3.05, 3.63) is 111 Å². The van der Waals surface area contributed by atoms with Gasteiger partial charge in [-0.05, 0) is 18.2 Å². The molecule has 3 aromatic carbocycles. The molecule has 3 heterocycles. The molecule has 0 saturated heterocycles. The molecule has 0 radical (unpaired) electrons. The summed E-state index contributed by atoms with van der Waals surface area (Å²) in [6, 6.07) is 13.2. The maximum atomic E-state index is 14.4. The largest absolute Gasteiger partial charge is 0.463 e. The second-order valence-electron chi connectivity index (χ2n) is 9.28. The van der Waals surface area contributed by atoms with Crippen LogP contribution in [0, 0.1) is 24.0 Å². The average Bonchev–Trinajstić information content (AvgIpc) is 3.46. The summed E-state index contributed by atoms with van der Waals surface area (Å²) in [5.41, 5.74) is 4.24. The molecule has 9 nitrogen and oxygen atoms in total. The first-order chi connectivity index (χ1) is 20.2. The zero-order valence-corrected chi connectivity index (χ0v) is 22.3. The first-order valence-electron chi connectivity index (χ1n) is 12.3. The number of rotatable bonds is 5. The lowest BCUT2D eigenvalue weighted by molar-refractivity contribution is 0.509. The zero-order valence-electron chi connectivity index (χ0n) is 21.5. The highest BCUT2D eigenvalue weighted by Gasteiger charge is 2.28. The average molecular weight is 585 g/mol. The monoisotopic (exact) mass is 584 g/mol. The number of nitrogens with zero attached hydrogens (tertiary/aromatic N) is 4. The molecule has 0 atom stereocenters. The summed E-state index contributed by atoms with van der Waals surface area (Å²) in [6.07, 6.45) is 10.1. The number of hydrazine groups is 1. The Hall–Kier alpha value is -5.44. The Morgan fingerprint density at radius 2 is 1.81 bits per heavy atom. The lowest BCUT2D eigenvalue weighted by Gasteiger charge is -2.26. The van der Waals surface area contributed by atoms with E-state index in [1.807, 2.05) is 0 Å².